The Hall–Kier alpha value is -4.85. The average molecular weight is 562 g/mol. The van der Waals surface area contributed by atoms with Crippen molar-refractivity contribution in [2.45, 2.75) is 46.5 Å². The molecule has 0 radical (unpaired) electrons. The molecule has 2 aliphatic rings. The predicted octanol–water partition coefficient (Wildman–Crippen LogP) is 5.95. The van der Waals surface area contributed by atoms with Gasteiger partial charge in [-0.3, -0.25) is 9.69 Å². The highest BCUT2D eigenvalue weighted by atomic mass is 16.5. The first kappa shape index (κ1) is 27.3. The first-order valence-corrected chi connectivity index (χ1v) is 14.3. The molecule has 0 bridgehead atoms. The molecule has 0 saturated heterocycles. The van der Waals surface area contributed by atoms with E-state index in [0.717, 1.165) is 28.5 Å². The number of nitrogens with zero attached hydrogens (tertiary/aromatic N) is 4. The number of esters is 1. The van der Waals surface area contributed by atoms with E-state index in [-0.39, 0.29) is 29.2 Å². The van der Waals surface area contributed by atoms with Gasteiger partial charge in [-0.05, 0) is 62.1 Å². The van der Waals surface area contributed by atoms with Crippen LogP contribution < -0.4 is 10.6 Å². The van der Waals surface area contributed by atoms with Crippen molar-refractivity contribution in [2.75, 3.05) is 11.5 Å². The molecule has 0 amide bonds. The van der Waals surface area contributed by atoms with Gasteiger partial charge in [0.05, 0.1) is 29.5 Å². The molecule has 0 saturated carbocycles. The van der Waals surface area contributed by atoms with E-state index in [4.69, 9.17) is 15.6 Å². The summed E-state index contributed by atoms with van der Waals surface area (Å²) in [5.74, 6) is -0.320. The van der Waals surface area contributed by atoms with Crippen LogP contribution in [0.15, 0.2) is 108 Å². The molecule has 2 aromatic heterocycles. The average Bonchev–Trinajstić information content (AvgIpc) is 3.60. The summed E-state index contributed by atoms with van der Waals surface area (Å²) in [5.41, 5.74) is 11.4. The minimum atomic E-state index is -0.766. The first-order chi connectivity index (χ1) is 20.2. The van der Waals surface area contributed by atoms with Crippen molar-refractivity contribution < 1.29 is 14.3 Å². The van der Waals surface area contributed by atoms with E-state index in [1.165, 1.54) is 0 Å². The highest BCUT2D eigenvalue weighted by Crippen LogP contribution is 2.52. The monoisotopic (exact) mass is 561 g/mol. The fourth-order valence-corrected chi connectivity index (χ4v) is 6.32. The van der Waals surface area contributed by atoms with Crippen LogP contribution in [-0.2, 0) is 14.3 Å². The number of benzene rings is 2. The molecule has 1 atom stereocenters. The number of ether oxygens (including phenoxy) is 1. The van der Waals surface area contributed by atoms with Gasteiger partial charge in [0.1, 0.15) is 11.6 Å². The molecule has 2 N–H and O–H groups in total. The number of carbonyl (C=O) groups is 2. The summed E-state index contributed by atoms with van der Waals surface area (Å²) in [5, 5.41) is 4.98. The number of aryl methyl sites for hydroxylation is 1. The summed E-state index contributed by atoms with van der Waals surface area (Å²) in [6, 6.07) is 23.4. The van der Waals surface area contributed by atoms with Gasteiger partial charge in [0.15, 0.2) is 5.78 Å². The molecular formula is C34H35N5O3. The molecule has 0 spiro atoms. The lowest BCUT2D eigenvalue weighted by Crippen LogP contribution is -2.44. The zero-order chi connectivity index (χ0) is 29.6. The Morgan fingerprint density at radius 1 is 0.976 bits per heavy atom. The topological polar surface area (TPSA) is 95.4 Å². The Labute approximate surface area is 245 Å². The maximum Gasteiger partial charge on any atom is 0.338 e. The lowest BCUT2D eigenvalue weighted by Gasteiger charge is -2.44. The van der Waals surface area contributed by atoms with Crippen molar-refractivity contribution in [3.63, 3.8) is 0 Å². The molecule has 8 nitrogen and oxygen atoms in total. The molecule has 42 heavy (non-hydrogen) atoms. The number of hydrogen-bond donors (Lipinski definition) is 1. The van der Waals surface area contributed by atoms with Crippen LogP contribution in [0.1, 0.15) is 50.8 Å². The molecule has 1 unspecified atom stereocenters. The van der Waals surface area contributed by atoms with E-state index < -0.39 is 11.9 Å². The van der Waals surface area contributed by atoms with Gasteiger partial charge in [0, 0.05) is 41.3 Å². The second-order valence-corrected chi connectivity index (χ2v) is 11.6. The van der Waals surface area contributed by atoms with Crippen molar-refractivity contribution in [1.29, 1.82) is 0 Å². The number of allylic oxidation sites excluding steroid dienone is 2. The number of aromatic nitrogens is 3. The van der Waals surface area contributed by atoms with Crippen molar-refractivity contribution in [3.05, 3.63) is 119 Å². The van der Waals surface area contributed by atoms with Gasteiger partial charge in [-0.25, -0.2) is 9.48 Å². The largest absolute Gasteiger partial charge is 0.463 e. The number of rotatable bonds is 6. The van der Waals surface area contributed by atoms with Gasteiger partial charge in [-0.2, -0.15) is 5.10 Å². The standard InChI is InChI=1S/C34H35N5O3/c1-5-42-33(41)30-29(27-22(2)36-39(24-16-10-7-11-17-24)32(27)37-18-12-13-19-37)28-25(20-34(3,4)21-26(28)40)38(31(30)35)23-14-8-6-9-15-23/h6-19,29H,5,20-21,35H2,1-4H3. The normalized spacial score (nSPS) is 18.3. The van der Waals surface area contributed by atoms with Crippen LogP contribution in [0.25, 0.3) is 11.5 Å². The van der Waals surface area contributed by atoms with Gasteiger partial charge in [0.2, 0.25) is 0 Å². The van der Waals surface area contributed by atoms with Crippen molar-refractivity contribution in [3.8, 4) is 11.5 Å². The zero-order valence-electron chi connectivity index (χ0n) is 24.4. The van der Waals surface area contributed by atoms with Crippen LogP contribution in [0, 0.1) is 12.3 Å². The van der Waals surface area contributed by atoms with Crippen molar-refractivity contribution in [2.24, 2.45) is 11.1 Å². The molecule has 3 heterocycles. The number of Topliss-reactive ketones (excluding diaryl/α,β-unsaturated/α-hetero) is 1. The summed E-state index contributed by atoms with van der Waals surface area (Å²) in [4.78, 5) is 30.1. The third-order valence-electron chi connectivity index (χ3n) is 7.99. The molecule has 214 valence electrons. The summed E-state index contributed by atoms with van der Waals surface area (Å²) < 4.78 is 9.47. The third kappa shape index (κ3) is 4.53. The molecule has 2 aromatic carbocycles. The van der Waals surface area contributed by atoms with Crippen LogP contribution in [0.4, 0.5) is 5.69 Å². The molecule has 1 aliphatic carbocycles. The third-order valence-corrected chi connectivity index (χ3v) is 7.99. The summed E-state index contributed by atoms with van der Waals surface area (Å²) in [6.45, 7) is 8.05. The molecule has 1 aliphatic heterocycles. The minimum Gasteiger partial charge on any atom is -0.463 e. The van der Waals surface area contributed by atoms with Crippen molar-refractivity contribution in [1.82, 2.24) is 14.3 Å². The maximum absolute atomic E-state index is 14.3. The molecule has 4 aromatic rings. The number of para-hydroxylation sites is 2. The molecule has 6 rings (SSSR count). The van der Waals surface area contributed by atoms with Crippen LogP contribution >= 0.6 is 0 Å². The number of carbonyl (C=O) groups excluding carboxylic acids is 2. The molecule has 8 heteroatoms. The number of ketones is 1. The second kappa shape index (κ2) is 10.5. The Kier molecular flexibility index (Phi) is 6.85. The highest BCUT2D eigenvalue weighted by Gasteiger charge is 2.48. The number of hydrogen-bond acceptors (Lipinski definition) is 6. The fourth-order valence-electron chi connectivity index (χ4n) is 6.32. The first-order valence-electron chi connectivity index (χ1n) is 14.3. The van der Waals surface area contributed by atoms with E-state index in [1.807, 2.05) is 106 Å². The van der Waals surface area contributed by atoms with Crippen molar-refractivity contribution >= 4 is 17.4 Å². The Morgan fingerprint density at radius 2 is 1.60 bits per heavy atom. The van der Waals surface area contributed by atoms with Crippen LogP contribution in [0.3, 0.4) is 0 Å². The van der Waals surface area contributed by atoms with Crippen LogP contribution in [0.2, 0.25) is 0 Å². The van der Waals surface area contributed by atoms with E-state index in [9.17, 15) is 9.59 Å². The zero-order valence-corrected chi connectivity index (χ0v) is 24.4. The highest BCUT2D eigenvalue weighted by molar-refractivity contribution is 6.06. The Morgan fingerprint density at radius 3 is 2.21 bits per heavy atom. The predicted molar refractivity (Wildman–Crippen MR) is 162 cm³/mol. The van der Waals surface area contributed by atoms with Gasteiger partial charge >= 0.3 is 5.97 Å². The number of nitrogens with two attached hydrogens (primary N) is 1. The van der Waals surface area contributed by atoms with Gasteiger partial charge in [-0.15, -0.1) is 0 Å². The summed E-state index contributed by atoms with van der Waals surface area (Å²) in [7, 11) is 0. The fraction of sp³-hybridized carbons (Fsp3) is 0.265. The Bertz CT molecular complexity index is 1710. The minimum absolute atomic E-state index is 0.00760. The van der Waals surface area contributed by atoms with E-state index in [1.54, 1.807) is 6.92 Å². The number of anilines is 1. The Balaban J connectivity index is 1.70. The summed E-state index contributed by atoms with van der Waals surface area (Å²) >= 11 is 0. The van der Waals surface area contributed by atoms with Gasteiger partial charge in [-0.1, -0.05) is 50.2 Å². The molecule has 0 fully saturated rings. The van der Waals surface area contributed by atoms with Crippen LogP contribution in [0.5, 0.6) is 0 Å². The maximum atomic E-state index is 14.3. The van der Waals surface area contributed by atoms with E-state index >= 15 is 0 Å². The van der Waals surface area contributed by atoms with E-state index in [0.29, 0.717) is 24.1 Å². The molecular weight excluding hydrogens is 526 g/mol. The van der Waals surface area contributed by atoms with Crippen LogP contribution in [-0.4, -0.2) is 32.7 Å². The van der Waals surface area contributed by atoms with Gasteiger partial charge in [0.25, 0.3) is 0 Å². The second-order valence-electron chi connectivity index (χ2n) is 11.6. The van der Waals surface area contributed by atoms with E-state index in [2.05, 4.69) is 13.8 Å². The lowest BCUT2D eigenvalue weighted by atomic mass is 9.68. The quantitative estimate of drug-likeness (QED) is 0.292. The summed E-state index contributed by atoms with van der Waals surface area (Å²) in [6.07, 6.45) is 4.85. The smallest absolute Gasteiger partial charge is 0.338 e. The lowest BCUT2D eigenvalue weighted by molar-refractivity contribution is -0.138. The van der Waals surface area contributed by atoms with Gasteiger partial charge < -0.3 is 15.0 Å². The SMILES string of the molecule is CCOC(=O)C1=C(N)N(c2ccccc2)C2=C(C(=O)CC(C)(C)C2)C1c1c(C)nn(-c2ccccc2)c1-n1cccc1.